The number of rotatable bonds is 4. The molecule has 25 heavy (non-hydrogen) atoms. The van der Waals surface area contributed by atoms with E-state index in [9.17, 15) is 5.11 Å². The van der Waals surface area contributed by atoms with Crippen LogP contribution in [0.25, 0.3) is 10.2 Å². The first kappa shape index (κ1) is 16.3. The lowest BCUT2D eigenvalue weighted by Crippen LogP contribution is -2.28. The Balaban J connectivity index is 1.47. The SMILES string of the molecule is Cc1ccc2nc(Nc3cccc(N[C@H]4CC[C@H](O)CC4)n3)sc2c1. The summed E-state index contributed by atoms with van der Waals surface area (Å²) >= 11 is 1.64. The van der Waals surface area contributed by atoms with Crippen LogP contribution in [0.3, 0.4) is 0 Å². The van der Waals surface area contributed by atoms with Gasteiger partial charge in [-0.05, 0) is 62.4 Å². The van der Waals surface area contributed by atoms with E-state index in [0.29, 0.717) is 6.04 Å². The Bertz CT molecular complexity index is 871. The van der Waals surface area contributed by atoms with Gasteiger partial charge in [-0.3, -0.25) is 0 Å². The summed E-state index contributed by atoms with van der Waals surface area (Å²) in [4.78, 5) is 9.27. The second-order valence-electron chi connectivity index (χ2n) is 6.67. The normalized spacial score (nSPS) is 20.6. The Morgan fingerprint density at radius 2 is 1.84 bits per heavy atom. The third-order valence-electron chi connectivity index (χ3n) is 4.58. The van der Waals surface area contributed by atoms with E-state index in [1.54, 1.807) is 11.3 Å². The summed E-state index contributed by atoms with van der Waals surface area (Å²) in [6, 6.07) is 12.6. The Hall–Kier alpha value is -2.18. The lowest BCUT2D eigenvalue weighted by molar-refractivity contribution is 0.126. The second kappa shape index (κ2) is 6.98. The predicted molar refractivity (Wildman–Crippen MR) is 104 cm³/mol. The van der Waals surface area contributed by atoms with Crippen molar-refractivity contribution in [1.29, 1.82) is 0 Å². The van der Waals surface area contributed by atoms with Gasteiger partial charge < -0.3 is 15.7 Å². The van der Waals surface area contributed by atoms with Crippen molar-refractivity contribution in [1.82, 2.24) is 9.97 Å². The van der Waals surface area contributed by atoms with E-state index in [1.165, 1.54) is 10.3 Å². The maximum Gasteiger partial charge on any atom is 0.189 e. The average molecular weight is 354 g/mol. The van der Waals surface area contributed by atoms with Crippen molar-refractivity contribution in [3.63, 3.8) is 0 Å². The summed E-state index contributed by atoms with van der Waals surface area (Å²) in [5.41, 5.74) is 2.25. The zero-order valence-corrected chi connectivity index (χ0v) is 15.0. The highest BCUT2D eigenvalue weighted by molar-refractivity contribution is 7.22. The molecule has 130 valence electrons. The molecule has 1 fully saturated rings. The first-order chi connectivity index (χ1) is 12.2. The minimum Gasteiger partial charge on any atom is -0.393 e. The smallest absolute Gasteiger partial charge is 0.189 e. The van der Waals surface area contributed by atoms with Crippen LogP contribution in [0.5, 0.6) is 0 Å². The van der Waals surface area contributed by atoms with Crippen LogP contribution in [0.1, 0.15) is 31.2 Å². The molecule has 0 aliphatic heterocycles. The van der Waals surface area contributed by atoms with Gasteiger partial charge >= 0.3 is 0 Å². The average Bonchev–Trinajstić information content (AvgIpc) is 2.98. The molecule has 6 heteroatoms. The molecular weight excluding hydrogens is 332 g/mol. The largest absolute Gasteiger partial charge is 0.393 e. The standard InChI is InChI=1S/C19H22N4OS/c1-12-5-10-15-16(11-12)25-19(21-15)23-18-4-2-3-17(22-18)20-13-6-8-14(24)9-7-13/h2-5,10-11,13-14,24H,6-9H2,1H3,(H2,20,21,22,23)/t13-,14-. The number of fused-ring (bicyclic) bond motifs is 1. The van der Waals surface area contributed by atoms with Gasteiger partial charge in [0.05, 0.1) is 16.3 Å². The third kappa shape index (κ3) is 3.91. The molecule has 4 rings (SSSR count). The van der Waals surface area contributed by atoms with Crippen LogP contribution >= 0.6 is 11.3 Å². The number of hydrogen-bond donors (Lipinski definition) is 3. The number of aliphatic hydroxyl groups excluding tert-OH is 1. The molecule has 1 saturated carbocycles. The van der Waals surface area contributed by atoms with Crippen LogP contribution in [0, 0.1) is 6.92 Å². The summed E-state index contributed by atoms with van der Waals surface area (Å²) in [6.45, 7) is 2.09. The molecule has 1 aliphatic rings. The lowest BCUT2D eigenvalue weighted by Gasteiger charge is -2.26. The van der Waals surface area contributed by atoms with E-state index in [1.807, 2.05) is 18.2 Å². The fraction of sp³-hybridized carbons (Fsp3) is 0.368. The summed E-state index contributed by atoms with van der Waals surface area (Å²) in [6.07, 6.45) is 3.55. The number of pyridine rings is 1. The van der Waals surface area contributed by atoms with Crippen LogP contribution in [0.15, 0.2) is 36.4 Å². The van der Waals surface area contributed by atoms with Gasteiger partial charge in [0.25, 0.3) is 0 Å². The van der Waals surface area contributed by atoms with E-state index in [-0.39, 0.29) is 6.10 Å². The summed E-state index contributed by atoms with van der Waals surface area (Å²) in [5.74, 6) is 1.65. The lowest BCUT2D eigenvalue weighted by atomic mass is 9.93. The second-order valence-corrected chi connectivity index (χ2v) is 7.70. The first-order valence-electron chi connectivity index (χ1n) is 8.71. The van der Waals surface area contributed by atoms with Crippen LogP contribution < -0.4 is 10.6 Å². The van der Waals surface area contributed by atoms with Crippen LogP contribution in [0.2, 0.25) is 0 Å². The number of nitrogens with one attached hydrogen (secondary N) is 2. The minimum atomic E-state index is -0.137. The van der Waals surface area contributed by atoms with E-state index < -0.39 is 0 Å². The van der Waals surface area contributed by atoms with Gasteiger partial charge in [0.2, 0.25) is 0 Å². The summed E-state index contributed by atoms with van der Waals surface area (Å²) < 4.78 is 1.18. The molecule has 2 aromatic heterocycles. The van der Waals surface area contributed by atoms with Crippen LogP contribution in [-0.4, -0.2) is 27.2 Å². The number of aryl methyl sites for hydroxylation is 1. The zero-order chi connectivity index (χ0) is 17.2. The highest BCUT2D eigenvalue weighted by Crippen LogP contribution is 2.29. The van der Waals surface area contributed by atoms with Gasteiger partial charge in [-0.25, -0.2) is 9.97 Å². The molecule has 1 aromatic carbocycles. The van der Waals surface area contributed by atoms with Crippen molar-refractivity contribution in [2.45, 2.75) is 44.8 Å². The zero-order valence-electron chi connectivity index (χ0n) is 14.2. The van der Waals surface area contributed by atoms with Gasteiger partial charge in [-0.15, -0.1) is 0 Å². The Morgan fingerprint density at radius 1 is 1.04 bits per heavy atom. The first-order valence-corrected chi connectivity index (χ1v) is 9.53. The van der Waals surface area contributed by atoms with Crippen molar-refractivity contribution in [2.24, 2.45) is 0 Å². The molecule has 0 bridgehead atoms. The number of aliphatic hydroxyl groups is 1. The number of anilines is 3. The van der Waals surface area contributed by atoms with Crippen molar-refractivity contribution in [2.75, 3.05) is 10.6 Å². The molecule has 1 aliphatic carbocycles. The molecule has 3 aromatic rings. The Morgan fingerprint density at radius 3 is 2.68 bits per heavy atom. The quantitative estimate of drug-likeness (QED) is 0.645. The van der Waals surface area contributed by atoms with Gasteiger partial charge in [0, 0.05) is 6.04 Å². The number of nitrogens with zero attached hydrogens (tertiary/aromatic N) is 2. The maximum atomic E-state index is 9.62. The van der Waals surface area contributed by atoms with Crippen LogP contribution in [-0.2, 0) is 0 Å². The Kier molecular flexibility index (Phi) is 4.55. The highest BCUT2D eigenvalue weighted by Gasteiger charge is 2.19. The predicted octanol–water partition coefficient (Wildman–Crippen LogP) is 4.46. The molecule has 0 spiro atoms. The molecule has 0 saturated heterocycles. The van der Waals surface area contributed by atoms with Crippen LogP contribution in [0.4, 0.5) is 16.8 Å². The molecular formula is C19H22N4OS. The topological polar surface area (TPSA) is 70.1 Å². The van der Waals surface area contributed by atoms with Gasteiger partial charge in [0.1, 0.15) is 11.6 Å². The third-order valence-corrected chi connectivity index (χ3v) is 5.51. The minimum absolute atomic E-state index is 0.137. The van der Waals surface area contributed by atoms with Crippen molar-refractivity contribution >= 4 is 38.3 Å². The van der Waals surface area contributed by atoms with E-state index in [4.69, 9.17) is 0 Å². The maximum absolute atomic E-state index is 9.62. The number of aromatic nitrogens is 2. The van der Waals surface area contributed by atoms with E-state index in [0.717, 1.165) is 48.0 Å². The van der Waals surface area contributed by atoms with Crippen molar-refractivity contribution in [3.8, 4) is 0 Å². The van der Waals surface area contributed by atoms with Crippen molar-refractivity contribution < 1.29 is 5.11 Å². The fourth-order valence-electron chi connectivity index (χ4n) is 3.21. The number of thiazole rings is 1. The highest BCUT2D eigenvalue weighted by atomic mass is 32.1. The molecule has 3 N–H and O–H groups in total. The van der Waals surface area contributed by atoms with Gasteiger partial charge in [-0.1, -0.05) is 23.5 Å². The molecule has 0 unspecified atom stereocenters. The van der Waals surface area contributed by atoms with Gasteiger partial charge in [0.15, 0.2) is 5.13 Å². The molecule has 0 radical (unpaired) electrons. The van der Waals surface area contributed by atoms with E-state index in [2.05, 4.69) is 45.7 Å². The monoisotopic (exact) mass is 354 g/mol. The Labute approximate surface area is 151 Å². The molecule has 2 heterocycles. The van der Waals surface area contributed by atoms with E-state index >= 15 is 0 Å². The molecule has 0 amide bonds. The number of benzene rings is 1. The number of hydrogen-bond acceptors (Lipinski definition) is 6. The molecule has 0 atom stereocenters. The summed E-state index contributed by atoms with van der Waals surface area (Å²) in [5, 5.41) is 17.3. The fourth-order valence-corrected chi connectivity index (χ4v) is 4.18. The molecule has 5 nitrogen and oxygen atoms in total. The van der Waals surface area contributed by atoms with Crippen molar-refractivity contribution in [3.05, 3.63) is 42.0 Å². The summed E-state index contributed by atoms with van der Waals surface area (Å²) in [7, 11) is 0. The van der Waals surface area contributed by atoms with Gasteiger partial charge in [-0.2, -0.15) is 0 Å².